The van der Waals surface area contributed by atoms with E-state index in [2.05, 4.69) is 0 Å². The highest BCUT2D eigenvalue weighted by molar-refractivity contribution is 5.96. The van der Waals surface area contributed by atoms with Gasteiger partial charge < -0.3 is 0 Å². The summed E-state index contributed by atoms with van der Waals surface area (Å²) in [6.07, 6.45) is 0.917. The van der Waals surface area contributed by atoms with Crippen molar-refractivity contribution < 1.29 is 26.7 Å². The molecule has 0 N–H and O–H groups in total. The van der Waals surface area contributed by atoms with E-state index in [1.807, 2.05) is 0 Å². The van der Waals surface area contributed by atoms with Gasteiger partial charge in [-0.15, -0.1) is 0 Å². The molecule has 0 aliphatic heterocycles. The minimum atomic E-state index is -2.26. The molecule has 0 radical (unpaired) electrons. The quantitative estimate of drug-likeness (QED) is 0.338. The molecule has 0 atom stereocenters. The summed E-state index contributed by atoms with van der Waals surface area (Å²) in [5.41, 5.74) is -1.34. The SMILES string of the molecule is CCC(CC)CC(=O)c1c(F)c(F)c(F)c(F)c1F. The molecule has 0 heterocycles. The highest BCUT2D eigenvalue weighted by atomic mass is 19.2. The molecule has 0 aliphatic carbocycles. The maximum atomic E-state index is 13.4. The lowest BCUT2D eigenvalue weighted by atomic mass is 9.93. The molecule has 1 nitrogen and oxygen atoms in total. The third kappa shape index (κ3) is 2.93. The number of Topliss-reactive ketones (excluding diaryl/α,β-unsaturated/α-hetero) is 1. The molecule has 0 aliphatic rings. The Morgan fingerprint density at radius 2 is 1.21 bits per heavy atom. The largest absolute Gasteiger partial charge is 0.294 e. The fourth-order valence-electron chi connectivity index (χ4n) is 1.79. The lowest BCUT2D eigenvalue weighted by Crippen LogP contribution is -2.15. The van der Waals surface area contributed by atoms with Gasteiger partial charge in [-0.1, -0.05) is 26.7 Å². The van der Waals surface area contributed by atoms with E-state index in [-0.39, 0.29) is 12.3 Å². The number of halogens is 5. The van der Waals surface area contributed by atoms with E-state index < -0.39 is 40.4 Å². The molecule has 1 aromatic rings. The molecule has 0 bridgehead atoms. The average molecular weight is 280 g/mol. The maximum absolute atomic E-state index is 13.4. The van der Waals surface area contributed by atoms with Gasteiger partial charge in [0.15, 0.2) is 29.1 Å². The van der Waals surface area contributed by atoms with Gasteiger partial charge in [0.1, 0.15) is 0 Å². The van der Waals surface area contributed by atoms with Crippen molar-refractivity contribution in [2.75, 3.05) is 0 Å². The summed E-state index contributed by atoms with van der Waals surface area (Å²) in [5.74, 6) is -11.8. The van der Waals surface area contributed by atoms with Crippen LogP contribution in [-0.4, -0.2) is 5.78 Å². The number of hydrogen-bond donors (Lipinski definition) is 0. The number of carbonyl (C=O) groups excluding carboxylic acids is 1. The predicted octanol–water partition coefficient (Wildman–Crippen LogP) is 4.39. The van der Waals surface area contributed by atoms with E-state index in [1.54, 1.807) is 13.8 Å². The van der Waals surface area contributed by atoms with Crippen LogP contribution in [0.15, 0.2) is 0 Å². The fraction of sp³-hybridized carbons (Fsp3) is 0.462. The molecule has 6 heteroatoms. The standard InChI is InChI=1S/C13H13F5O/c1-3-6(4-2)5-7(19)8-9(14)11(16)13(18)12(17)10(8)15/h6H,3-5H2,1-2H3. The van der Waals surface area contributed by atoms with Crippen molar-refractivity contribution in [1.82, 2.24) is 0 Å². The van der Waals surface area contributed by atoms with Gasteiger partial charge in [-0.3, -0.25) is 4.79 Å². The van der Waals surface area contributed by atoms with Gasteiger partial charge in [-0.25, -0.2) is 22.0 Å². The van der Waals surface area contributed by atoms with Crippen LogP contribution in [0, 0.1) is 35.0 Å². The zero-order chi connectivity index (χ0) is 14.7. The van der Waals surface area contributed by atoms with Gasteiger partial charge in [0, 0.05) is 6.42 Å². The third-order valence-corrected chi connectivity index (χ3v) is 3.12. The number of ketones is 1. The van der Waals surface area contributed by atoms with E-state index in [1.165, 1.54) is 0 Å². The molecule has 0 unspecified atom stereocenters. The molecular weight excluding hydrogens is 267 g/mol. The van der Waals surface area contributed by atoms with Gasteiger partial charge in [-0.05, 0) is 5.92 Å². The molecular formula is C13H13F5O. The second kappa shape index (κ2) is 6.12. The molecule has 19 heavy (non-hydrogen) atoms. The minimum absolute atomic E-state index is 0.150. The molecule has 0 aromatic heterocycles. The second-order valence-electron chi connectivity index (χ2n) is 4.25. The van der Waals surface area contributed by atoms with E-state index >= 15 is 0 Å². The van der Waals surface area contributed by atoms with Crippen molar-refractivity contribution in [2.24, 2.45) is 5.92 Å². The minimum Gasteiger partial charge on any atom is -0.294 e. The van der Waals surface area contributed by atoms with E-state index in [0.717, 1.165) is 0 Å². The lowest BCUT2D eigenvalue weighted by molar-refractivity contribution is 0.0947. The number of carbonyl (C=O) groups is 1. The molecule has 0 saturated carbocycles. The molecule has 0 saturated heterocycles. The van der Waals surface area contributed by atoms with Gasteiger partial charge in [0.25, 0.3) is 0 Å². The molecule has 0 spiro atoms. The first kappa shape index (κ1) is 15.6. The predicted molar refractivity (Wildman–Crippen MR) is 59.3 cm³/mol. The van der Waals surface area contributed by atoms with Crippen molar-refractivity contribution in [2.45, 2.75) is 33.1 Å². The monoisotopic (exact) mass is 280 g/mol. The highest BCUT2D eigenvalue weighted by Gasteiger charge is 2.30. The summed E-state index contributed by atoms with van der Waals surface area (Å²) in [7, 11) is 0. The summed E-state index contributed by atoms with van der Waals surface area (Å²) in [6.45, 7) is 3.56. The second-order valence-corrected chi connectivity index (χ2v) is 4.25. The Labute approximate surface area is 107 Å². The number of rotatable bonds is 5. The normalized spacial score (nSPS) is 11.2. The smallest absolute Gasteiger partial charge is 0.200 e. The Bertz CT molecular complexity index is 465. The van der Waals surface area contributed by atoms with Crippen LogP contribution in [0.25, 0.3) is 0 Å². The zero-order valence-electron chi connectivity index (χ0n) is 10.5. The van der Waals surface area contributed by atoms with Crippen LogP contribution in [0.3, 0.4) is 0 Å². The Balaban J connectivity index is 3.24. The molecule has 0 amide bonds. The Morgan fingerprint density at radius 3 is 1.58 bits per heavy atom. The Hall–Kier alpha value is -1.46. The molecule has 1 aromatic carbocycles. The first-order valence-electron chi connectivity index (χ1n) is 5.89. The summed E-state index contributed by atoms with van der Waals surface area (Å²) in [5, 5.41) is 0. The first-order valence-corrected chi connectivity index (χ1v) is 5.89. The van der Waals surface area contributed by atoms with Crippen LogP contribution in [-0.2, 0) is 0 Å². The third-order valence-electron chi connectivity index (χ3n) is 3.12. The number of hydrogen-bond acceptors (Lipinski definition) is 1. The van der Waals surface area contributed by atoms with Crippen molar-refractivity contribution in [3.8, 4) is 0 Å². The van der Waals surface area contributed by atoms with E-state index in [0.29, 0.717) is 12.8 Å². The van der Waals surface area contributed by atoms with Crippen LogP contribution in [0.2, 0.25) is 0 Å². The highest BCUT2D eigenvalue weighted by Crippen LogP contribution is 2.26. The van der Waals surface area contributed by atoms with Crippen molar-refractivity contribution in [1.29, 1.82) is 0 Å². The van der Waals surface area contributed by atoms with Gasteiger partial charge in [0.05, 0.1) is 5.56 Å². The van der Waals surface area contributed by atoms with Crippen LogP contribution >= 0.6 is 0 Å². The van der Waals surface area contributed by atoms with Gasteiger partial charge >= 0.3 is 0 Å². The first-order chi connectivity index (χ1) is 8.84. The summed E-state index contributed by atoms with van der Waals surface area (Å²) >= 11 is 0. The maximum Gasteiger partial charge on any atom is 0.200 e. The Morgan fingerprint density at radius 1 is 0.842 bits per heavy atom. The number of benzene rings is 1. The zero-order valence-corrected chi connectivity index (χ0v) is 10.5. The lowest BCUT2D eigenvalue weighted by Gasteiger charge is -2.12. The van der Waals surface area contributed by atoms with E-state index in [9.17, 15) is 26.7 Å². The summed E-state index contributed by atoms with van der Waals surface area (Å²) < 4.78 is 65.5. The fourth-order valence-corrected chi connectivity index (χ4v) is 1.79. The van der Waals surface area contributed by atoms with Crippen molar-refractivity contribution >= 4 is 5.78 Å². The van der Waals surface area contributed by atoms with E-state index in [4.69, 9.17) is 0 Å². The van der Waals surface area contributed by atoms with Crippen molar-refractivity contribution in [3.05, 3.63) is 34.6 Å². The average Bonchev–Trinajstić information content (AvgIpc) is 2.40. The van der Waals surface area contributed by atoms with Crippen LogP contribution in [0.1, 0.15) is 43.5 Å². The topological polar surface area (TPSA) is 17.1 Å². The Kier molecular flexibility index (Phi) is 5.03. The van der Waals surface area contributed by atoms with Crippen LogP contribution in [0.5, 0.6) is 0 Å². The van der Waals surface area contributed by atoms with Gasteiger partial charge in [0.2, 0.25) is 5.82 Å². The van der Waals surface area contributed by atoms with Crippen molar-refractivity contribution in [3.63, 3.8) is 0 Å². The van der Waals surface area contributed by atoms with Gasteiger partial charge in [-0.2, -0.15) is 0 Å². The molecule has 0 fully saturated rings. The molecule has 1 rings (SSSR count). The van der Waals surface area contributed by atoms with Crippen LogP contribution in [0.4, 0.5) is 22.0 Å². The molecule has 106 valence electrons. The summed E-state index contributed by atoms with van der Waals surface area (Å²) in [6, 6.07) is 0. The van der Waals surface area contributed by atoms with Crippen LogP contribution < -0.4 is 0 Å². The summed E-state index contributed by atoms with van der Waals surface area (Å²) in [4.78, 5) is 11.7.